The first kappa shape index (κ1) is 48.8. The number of aromatic nitrogens is 2. The topological polar surface area (TPSA) is 8.29 Å². The van der Waals surface area contributed by atoms with Crippen LogP contribution in [0.3, 0.4) is 0 Å². The minimum absolute atomic E-state index is 0.00302. The molecule has 5 heterocycles. The Bertz CT molecular complexity index is 4650. The van der Waals surface area contributed by atoms with Gasteiger partial charge in [0, 0.05) is 50.4 Å². The molecule has 3 aromatic heterocycles. The van der Waals surface area contributed by atoms with E-state index in [1.165, 1.54) is 160 Å². The molecule has 0 saturated heterocycles. The van der Waals surface area contributed by atoms with Crippen LogP contribution in [0.1, 0.15) is 123 Å². The first-order valence-corrected chi connectivity index (χ1v) is 29.0. The smallest absolute Gasteiger partial charge is 0.214 e. The van der Waals surface area contributed by atoms with Gasteiger partial charge < -0.3 is 4.40 Å². The highest BCUT2D eigenvalue weighted by molar-refractivity contribution is 6.32. The maximum atomic E-state index is 2.74. The summed E-state index contributed by atoms with van der Waals surface area (Å²) in [4.78, 5) is 0. The van der Waals surface area contributed by atoms with Crippen LogP contribution in [0.2, 0.25) is 0 Å². The Morgan fingerprint density at radius 1 is 0.325 bits per heavy atom. The molecule has 1 unspecified atom stereocenters. The van der Waals surface area contributed by atoms with Gasteiger partial charge in [-0.05, 0) is 141 Å². The van der Waals surface area contributed by atoms with Gasteiger partial charge in [0.1, 0.15) is 0 Å². The minimum atomic E-state index is -0.108. The molecule has 15 rings (SSSR count). The van der Waals surface area contributed by atoms with Crippen LogP contribution < -0.4 is 4.57 Å². The maximum absolute atomic E-state index is 2.74. The summed E-state index contributed by atoms with van der Waals surface area (Å²) in [6.45, 7) is 28.4. The van der Waals surface area contributed by atoms with Crippen molar-refractivity contribution >= 4 is 59.6 Å². The van der Waals surface area contributed by atoms with Gasteiger partial charge in [0.2, 0.25) is 17.4 Å². The zero-order valence-electron chi connectivity index (χ0n) is 48.4. The van der Waals surface area contributed by atoms with Gasteiger partial charge in [-0.25, -0.2) is 0 Å². The van der Waals surface area contributed by atoms with Gasteiger partial charge in [0.25, 0.3) is 0 Å². The van der Waals surface area contributed by atoms with E-state index >= 15 is 0 Å². The van der Waals surface area contributed by atoms with E-state index in [1.807, 2.05) is 0 Å². The standard InChI is InChI=1S/C78H69N2/c1-75(2,3)47-34-36-57-58(38-47)64-42-50(78(10,11)12)43-65-61-44-66-70(62-41-49(77(7,8)9)40-60-59-39-48(76(4,5)6)35-37-63(59)79(66)73(60)62)72(71(61)74(57)80(64)65)69-55-30-21-19-28-53(55)68(54-29-20-22-31-56(54)69)67-51(45-24-15-13-16-25-45)32-23-33-52(67)46-26-17-14-18-27-46/h13-44,74H,1-12H3/q+1. The Kier molecular flexibility index (Phi) is 10.1. The lowest BCUT2D eigenvalue weighted by Gasteiger charge is -2.24. The summed E-state index contributed by atoms with van der Waals surface area (Å²) in [5.41, 5.74) is 27.2. The largest absolute Gasteiger partial charge is 0.308 e. The Hall–Kier alpha value is -8.33. The fraction of sp³-hybridized carbons (Fsp3) is 0.218. The van der Waals surface area contributed by atoms with E-state index in [0.717, 1.165) is 0 Å². The van der Waals surface area contributed by atoms with Gasteiger partial charge >= 0.3 is 0 Å². The normalized spacial score (nSPS) is 14.4. The van der Waals surface area contributed by atoms with Crippen molar-refractivity contribution in [3.05, 3.63) is 228 Å². The lowest BCUT2D eigenvalue weighted by Crippen LogP contribution is -2.37. The van der Waals surface area contributed by atoms with Gasteiger partial charge in [-0.3, -0.25) is 0 Å². The van der Waals surface area contributed by atoms with Gasteiger partial charge in [0.15, 0.2) is 0 Å². The van der Waals surface area contributed by atoms with Crippen LogP contribution in [-0.2, 0) is 21.7 Å². The molecular weight excluding hydrogens is 965 g/mol. The van der Waals surface area contributed by atoms with Crippen molar-refractivity contribution in [3.63, 3.8) is 0 Å². The number of hydrogen-bond acceptors (Lipinski definition) is 0. The molecule has 2 nitrogen and oxygen atoms in total. The summed E-state index contributed by atoms with van der Waals surface area (Å²) in [6.07, 6.45) is 0. The molecule has 2 heteroatoms. The molecule has 1 atom stereocenters. The molecule has 2 aliphatic rings. The first-order chi connectivity index (χ1) is 38.3. The first-order valence-electron chi connectivity index (χ1n) is 29.0. The summed E-state index contributed by atoms with van der Waals surface area (Å²) in [7, 11) is 0. The van der Waals surface area contributed by atoms with E-state index in [0.29, 0.717) is 0 Å². The number of hydrogen-bond donors (Lipinski definition) is 0. The second kappa shape index (κ2) is 16.6. The SMILES string of the molecule is CC(C)(C)c1ccc2c(c1)-c1cc(C(C)(C)C)cc3[n+]1C2c1c-3cc2c(c1-c1c3ccccc3c(-c3c(-c4ccccc4)cccc3-c3ccccc3)c3ccccc13)c1cc(C(C)(C)C)cc3c4cc(C(C)(C)C)ccc4n2c31. The number of fused-ring (bicyclic) bond motifs is 14. The molecule has 0 N–H and O–H groups in total. The van der Waals surface area contributed by atoms with Crippen LogP contribution in [0.5, 0.6) is 0 Å². The van der Waals surface area contributed by atoms with E-state index in [2.05, 4.69) is 286 Å². The molecular formula is C78H69N2+. The monoisotopic (exact) mass is 1030 g/mol. The maximum Gasteiger partial charge on any atom is 0.214 e. The van der Waals surface area contributed by atoms with Crippen LogP contribution in [0.4, 0.5) is 0 Å². The number of benzene rings is 10. The van der Waals surface area contributed by atoms with Gasteiger partial charge in [-0.15, -0.1) is 0 Å². The molecule has 0 spiro atoms. The van der Waals surface area contributed by atoms with Crippen LogP contribution in [-0.4, -0.2) is 4.40 Å². The molecule has 390 valence electrons. The lowest BCUT2D eigenvalue weighted by molar-refractivity contribution is -0.672. The molecule has 0 fully saturated rings. The van der Waals surface area contributed by atoms with E-state index < -0.39 is 0 Å². The Balaban J connectivity index is 1.18. The van der Waals surface area contributed by atoms with Crippen LogP contribution in [0.25, 0.3) is 127 Å². The van der Waals surface area contributed by atoms with E-state index in [1.54, 1.807) is 0 Å². The summed E-state index contributed by atoms with van der Waals surface area (Å²) in [5, 5.41) is 10.3. The highest BCUT2D eigenvalue weighted by Crippen LogP contribution is 2.59. The summed E-state index contributed by atoms with van der Waals surface area (Å²) >= 11 is 0. The summed E-state index contributed by atoms with van der Waals surface area (Å²) in [6, 6.07) is 75.4. The van der Waals surface area contributed by atoms with Crippen molar-refractivity contribution in [1.29, 1.82) is 0 Å². The predicted octanol–water partition coefficient (Wildman–Crippen LogP) is 20.9. The van der Waals surface area contributed by atoms with Crippen LogP contribution in [0, 0.1) is 0 Å². The van der Waals surface area contributed by atoms with Gasteiger partial charge in [-0.2, -0.15) is 4.57 Å². The van der Waals surface area contributed by atoms with Crippen molar-refractivity contribution in [2.45, 2.75) is 111 Å². The van der Waals surface area contributed by atoms with E-state index in [9.17, 15) is 0 Å². The highest BCUT2D eigenvalue weighted by Gasteiger charge is 2.50. The molecule has 80 heavy (non-hydrogen) atoms. The Labute approximate surface area is 471 Å². The number of nitrogens with zero attached hydrogens (tertiary/aromatic N) is 2. The Morgan fingerprint density at radius 2 is 0.787 bits per heavy atom. The molecule has 0 aliphatic carbocycles. The molecule has 0 amide bonds. The summed E-state index contributed by atoms with van der Waals surface area (Å²) in [5.74, 6) is 0. The third-order valence-electron chi connectivity index (χ3n) is 18.4. The zero-order valence-corrected chi connectivity index (χ0v) is 48.4. The Morgan fingerprint density at radius 3 is 1.34 bits per heavy atom. The van der Waals surface area contributed by atoms with Crippen molar-refractivity contribution in [2.24, 2.45) is 0 Å². The summed E-state index contributed by atoms with van der Waals surface area (Å²) < 4.78 is 5.41. The van der Waals surface area contributed by atoms with Gasteiger partial charge in [-0.1, -0.05) is 229 Å². The second-order valence-corrected chi connectivity index (χ2v) is 27.5. The van der Waals surface area contributed by atoms with Crippen LogP contribution >= 0.6 is 0 Å². The predicted molar refractivity (Wildman–Crippen MR) is 341 cm³/mol. The average Bonchev–Trinajstić information content (AvgIpc) is 3.75. The van der Waals surface area contributed by atoms with Gasteiger partial charge in [0.05, 0.1) is 27.7 Å². The van der Waals surface area contributed by atoms with Crippen molar-refractivity contribution in [2.75, 3.05) is 0 Å². The molecule has 0 radical (unpaired) electrons. The molecule has 0 bridgehead atoms. The molecule has 0 saturated carbocycles. The third-order valence-corrected chi connectivity index (χ3v) is 18.4. The third kappa shape index (κ3) is 6.93. The number of pyridine rings is 1. The average molecular weight is 1030 g/mol. The van der Waals surface area contributed by atoms with Crippen LogP contribution in [0.15, 0.2) is 194 Å². The number of rotatable bonds is 4. The highest BCUT2D eigenvalue weighted by atomic mass is 15.1. The fourth-order valence-corrected chi connectivity index (χ4v) is 14.2. The van der Waals surface area contributed by atoms with Crippen molar-refractivity contribution in [1.82, 2.24) is 4.40 Å². The molecule has 13 aromatic rings. The zero-order chi connectivity index (χ0) is 55.1. The fourth-order valence-electron chi connectivity index (χ4n) is 14.2. The second-order valence-electron chi connectivity index (χ2n) is 27.5. The molecule has 2 aliphatic heterocycles. The quantitative estimate of drug-likeness (QED) is 0.123. The van der Waals surface area contributed by atoms with E-state index in [4.69, 9.17) is 0 Å². The molecule has 10 aromatic carbocycles. The van der Waals surface area contributed by atoms with Crippen molar-refractivity contribution in [3.8, 4) is 67.0 Å². The van der Waals surface area contributed by atoms with E-state index in [-0.39, 0.29) is 27.7 Å². The van der Waals surface area contributed by atoms with Crippen molar-refractivity contribution < 1.29 is 4.57 Å². The minimum Gasteiger partial charge on any atom is -0.308 e. The lowest BCUT2D eigenvalue weighted by atomic mass is 9.77.